The lowest BCUT2D eigenvalue weighted by Gasteiger charge is -2.13. The van der Waals surface area contributed by atoms with Gasteiger partial charge in [0.25, 0.3) is 0 Å². The zero-order valence-corrected chi connectivity index (χ0v) is 12.0. The van der Waals surface area contributed by atoms with Gasteiger partial charge in [-0.25, -0.2) is 4.79 Å². The molecule has 1 unspecified atom stereocenters. The van der Waals surface area contributed by atoms with Crippen LogP contribution < -0.4 is 10.6 Å². The first kappa shape index (κ1) is 15.5. The maximum Gasteiger partial charge on any atom is 0.315 e. The number of carboxylic acid groups (broad SMARTS) is 1. The van der Waals surface area contributed by atoms with Crippen molar-refractivity contribution in [3.05, 3.63) is 21.9 Å². The quantitative estimate of drug-likeness (QED) is 0.671. The molecule has 0 spiro atoms. The fraction of sp³-hybridized carbons (Fsp3) is 0.538. The van der Waals surface area contributed by atoms with Gasteiger partial charge in [0, 0.05) is 35.2 Å². The van der Waals surface area contributed by atoms with Crippen LogP contribution in [-0.4, -0.2) is 29.7 Å². The Kier molecular flexibility index (Phi) is 6.35. The number of urea groups is 1. The van der Waals surface area contributed by atoms with Gasteiger partial charge in [-0.15, -0.1) is 11.3 Å². The number of carbonyl (C=O) groups excluding carboxylic acids is 1. The molecule has 0 saturated heterocycles. The monoisotopic (exact) mass is 284 g/mol. The Labute approximate surface area is 117 Å². The van der Waals surface area contributed by atoms with Crippen molar-refractivity contribution in [1.82, 2.24) is 10.6 Å². The normalized spacial score (nSPS) is 11.9. The molecular formula is C13H20N2O3S. The molecule has 0 aromatic carbocycles. The second kappa shape index (κ2) is 7.78. The van der Waals surface area contributed by atoms with Gasteiger partial charge in [0.15, 0.2) is 0 Å². The summed E-state index contributed by atoms with van der Waals surface area (Å²) in [6.07, 6.45) is 1.33. The van der Waals surface area contributed by atoms with Gasteiger partial charge in [0.1, 0.15) is 0 Å². The lowest BCUT2D eigenvalue weighted by molar-refractivity contribution is -0.137. The fourth-order valence-electron chi connectivity index (χ4n) is 1.66. The van der Waals surface area contributed by atoms with Gasteiger partial charge < -0.3 is 15.7 Å². The van der Waals surface area contributed by atoms with E-state index in [0.29, 0.717) is 13.0 Å². The van der Waals surface area contributed by atoms with Crippen molar-refractivity contribution in [2.45, 2.75) is 39.2 Å². The SMILES string of the molecule is Cc1ccc(CC(C)NC(=O)NCCCC(=O)O)s1. The average Bonchev–Trinajstić information content (AvgIpc) is 2.69. The van der Waals surface area contributed by atoms with Crippen LogP contribution in [0.5, 0.6) is 0 Å². The first-order chi connectivity index (χ1) is 8.97. The minimum Gasteiger partial charge on any atom is -0.481 e. The Hall–Kier alpha value is -1.56. The van der Waals surface area contributed by atoms with E-state index in [-0.39, 0.29) is 18.5 Å². The summed E-state index contributed by atoms with van der Waals surface area (Å²) >= 11 is 1.73. The minimum atomic E-state index is -0.844. The van der Waals surface area contributed by atoms with Crippen molar-refractivity contribution in [3.63, 3.8) is 0 Å². The second-order valence-electron chi connectivity index (χ2n) is 4.52. The van der Waals surface area contributed by atoms with Crippen LogP contribution in [0.25, 0.3) is 0 Å². The maximum atomic E-state index is 11.5. The highest BCUT2D eigenvalue weighted by Gasteiger charge is 2.08. The van der Waals surface area contributed by atoms with Crippen LogP contribution in [0.4, 0.5) is 4.79 Å². The molecule has 1 heterocycles. The molecule has 0 aliphatic heterocycles. The molecule has 1 rings (SSSR count). The highest BCUT2D eigenvalue weighted by atomic mass is 32.1. The summed E-state index contributed by atoms with van der Waals surface area (Å²) in [5.41, 5.74) is 0. The third kappa shape index (κ3) is 6.81. The summed E-state index contributed by atoms with van der Waals surface area (Å²) in [6.45, 7) is 4.39. The van der Waals surface area contributed by atoms with Gasteiger partial charge in [-0.05, 0) is 32.4 Å². The average molecular weight is 284 g/mol. The molecule has 0 aliphatic rings. The Morgan fingerprint density at radius 1 is 1.42 bits per heavy atom. The van der Waals surface area contributed by atoms with Crippen LogP contribution in [0, 0.1) is 6.92 Å². The van der Waals surface area contributed by atoms with Crippen LogP contribution in [0.3, 0.4) is 0 Å². The number of hydrogen-bond donors (Lipinski definition) is 3. The van der Waals surface area contributed by atoms with Gasteiger partial charge in [-0.3, -0.25) is 4.79 Å². The number of aliphatic carboxylic acids is 1. The molecule has 0 aliphatic carbocycles. The molecule has 1 aromatic heterocycles. The van der Waals surface area contributed by atoms with Gasteiger partial charge in [-0.2, -0.15) is 0 Å². The standard InChI is InChI=1S/C13H20N2O3S/c1-9(8-11-6-5-10(2)19-11)15-13(18)14-7-3-4-12(16)17/h5-6,9H,3-4,7-8H2,1-2H3,(H,16,17)(H2,14,15,18). The molecule has 0 fully saturated rings. The molecule has 0 bridgehead atoms. The molecule has 0 radical (unpaired) electrons. The third-order valence-electron chi connectivity index (χ3n) is 2.53. The van der Waals surface area contributed by atoms with E-state index in [0.717, 1.165) is 6.42 Å². The summed E-state index contributed by atoms with van der Waals surface area (Å²) in [6, 6.07) is 3.95. The maximum absolute atomic E-state index is 11.5. The Morgan fingerprint density at radius 2 is 2.16 bits per heavy atom. The van der Waals surface area contributed by atoms with Crippen molar-refractivity contribution in [2.75, 3.05) is 6.54 Å². The van der Waals surface area contributed by atoms with E-state index in [1.165, 1.54) is 9.75 Å². The molecule has 1 atom stereocenters. The lowest BCUT2D eigenvalue weighted by atomic mass is 10.2. The topological polar surface area (TPSA) is 78.4 Å². The molecule has 5 nitrogen and oxygen atoms in total. The van der Waals surface area contributed by atoms with Crippen molar-refractivity contribution in [3.8, 4) is 0 Å². The van der Waals surface area contributed by atoms with Crippen LogP contribution >= 0.6 is 11.3 Å². The van der Waals surface area contributed by atoms with E-state index < -0.39 is 5.97 Å². The van der Waals surface area contributed by atoms with Crippen molar-refractivity contribution in [1.29, 1.82) is 0 Å². The first-order valence-corrected chi connectivity index (χ1v) is 7.10. The largest absolute Gasteiger partial charge is 0.481 e. The fourth-order valence-corrected chi connectivity index (χ4v) is 2.68. The molecule has 6 heteroatoms. The number of amides is 2. The van der Waals surface area contributed by atoms with E-state index >= 15 is 0 Å². The number of aryl methyl sites for hydroxylation is 1. The summed E-state index contributed by atoms with van der Waals surface area (Å²) < 4.78 is 0. The highest BCUT2D eigenvalue weighted by molar-refractivity contribution is 7.11. The predicted octanol–water partition coefficient (Wildman–Crippen LogP) is 2.15. The number of rotatable bonds is 7. The molecule has 0 saturated carbocycles. The summed E-state index contributed by atoms with van der Waals surface area (Å²) in [4.78, 5) is 24.3. The number of hydrogen-bond acceptors (Lipinski definition) is 3. The number of nitrogens with one attached hydrogen (secondary N) is 2. The first-order valence-electron chi connectivity index (χ1n) is 6.29. The summed E-state index contributed by atoms with van der Waals surface area (Å²) in [5.74, 6) is -0.844. The number of carboxylic acids is 1. The second-order valence-corrected chi connectivity index (χ2v) is 5.89. The molecule has 3 N–H and O–H groups in total. The smallest absolute Gasteiger partial charge is 0.315 e. The van der Waals surface area contributed by atoms with Gasteiger partial charge in [0.05, 0.1) is 0 Å². The van der Waals surface area contributed by atoms with Crippen molar-refractivity contribution in [2.24, 2.45) is 0 Å². The third-order valence-corrected chi connectivity index (χ3v) is 3.56. The molecule has 2 amide bonds. The Balaban J connectivity index is 2.18. The zero-order chi connectivity index (χ0) is 14.3. The van der Waals surface area contributed by atoms with Crippen LogP contribution in [0.1, 0.15) is 29.5 Å². The summed E-state index contributed by atoms with van der Waals surface area (Å²) in [7, 11) is 0. The summed E-state index contributed by atoms with van der Waals surface area (Å²) in [5, 5.41) is 13.9. The van der Waals surface area contributed by atoms with Crippen molar-refractivity contribution < 1.29 is 14.7 Å². The molecule has 19 heavy (non-hydrogen) atoms. The van der Waals surface area contributed by atoms with E-state index in [9.17, 15) is 9.59 Å². The van der Waals surface area contributed by atoms with E-state index in [1.807, 2.05) is 6.92 Å². The lowest BCUT2D eigenvalue weighted by Crippen LogP contribution is -2.41. The van der Waals surface area contributed by atoms with Crippen molar-refractivity contribution >= 4 is 23.3 Å². The number of thiophene rings is 1. The van der Waals surface area contributed by atoms with Crippen LogP contribution in [0.2, 0.25) is 0 Å². The Bertz CT molecular complexity index is 431. The van der Waals surface area contributed by atoms with Crippen LogP contribution in [0.15, 0.2) is 12.1 Å². The van der Waals surface area contributed by atoms with Gasteiger partial charge in [0.2, 0.25) is 0 Å². The van der Waals surface area contributed by atoms with E-state index in [2.05, 4.69) is 29.7 Å². The van der Waals surface area contributed by atoms with Crippen LogP contribution in [-0.2, 0) is 11.2 Å². The molecule has 106 valence electrons. The highest BCUT2D eigenvalue weighted by Crippen LogP contribution is 2.16. The van der Waals surface area contributed by atoms with Gasteiger partial charge in [-0.1, -0.05) is 0 Å². The minimum absolute atomic E-state index is 0.0533. The Morgan fingerprint density at radius 3 is 2.74 bits per heavy atom. The van der Waals surface area contributed by atoms with E-state index in [1.54, 1.807) is 11.3 Å². The van der Waals surface area contributed by atoms with Gasteiger partial charge >= 0.3 is 12.0 Å². The van der Waals surface area contributed by atoms with E-state index in [4.69, 9.17) is 5.11 Å². The molecular weight excluding hydrogens is 264 g/mol. The zero-order valence-electron chi connectivity index (χ0n) is 11.2. The number of carbonyl (C=O) groups is 2. The predicted molar refractivity (Wildman–Crippen MR) is 75.6 cm³/mol. The molecule has 1 aromatic rings.